The number of carbonyl (C=O) groups is 2. The number of halogens is 2. The van der Waals surface area contributed by atoms with Crippen LogP contribution in [0, 0.1) is 0 Å². The van der Waals surface area contributed by atoms with E-state index in [4.69, 9.17) is 27.9 Å². The van der Waals surface area contributed by atoms with Gasteiger partial charge in [-0.25, -0.2) is 0 Å². The van der Waals surface area contributed by atoms with E-state index in [9.17, 15) is 19.8 Å². The Morgan fingerprint density at radius 3 is 2.38 bits per heavy atom. The van der Waals surface area contributed by atoms with Gasteiger partial charge in [-0.15, -0.1) is 0 Å². The van der Waals surface area contributed by atoms with E-state index >= 15 is 0 Å². The van der Waals surface area contributed by atoms with E-state index in [1.165, 1.54) is 42.3 Å². The molecule has 1 atom stereocenters. The molecule has 1 heterocycles. The van der Waals surface area contributed by atoms with Gasteiger partial charge in [0.1, 0.15) is 17.3 Å². The normalized spacial score (nSPS) is 17.6. The second-order valence-electron chi connectivity index (χ2n) is 7.09. The van der Waals surface area contributed by atoms with Crippen LogP contribution in [0.5, 0.6) is 11.5 Å². The van der Waals surface area contributed by atoms with Crippen LogP contribution in [0.1, 0.15) is 17.2 Å². The van der Waals surface area contributed by atoms with Crippen LogP contribution in [-0.2, 0) is 9.59 Å². The van der Waals surface area contributed by atoms with Gasteiger partial charge < -0.3 is 14.9 Å². The lowest BCUT2D eigenvalue weighted by Gasteiger charge is -2.25. The molecule has 8 heteroatoms. The molecule has 3 aromatic carbocycles. The summed E-state index contributed by atoms with van der Waals surface area (Å²) in [5.41, 5.74) is 1.07. The van der Waals surface area contributed by atoms with Gasteiger partial charge in [-0.1, -0.05) is 41.4 Å². The number of methoxy groups -OCH3 is 1. The Labute approximate surface area is 193 Å². The number of hydrogen-bond donors (Lipinski definition) is 2. The third-order valence-corrected chi connectivity index (χ3v) is 5.71. The molecule has 1 aliphatic rings. The van der Waals surface area contributed by atoms with E-state index in [1.807, 2.05) is 0 Å². The molecule has 0 aromatic heterocycles. The van der Waals surface area contributed by atoms with Crippen molar-refractivity contribution in [1.29, 1.82) is 0 Å². The summed E-state index contributed by atoms with van der Waals surface area (Å²) in [7, 11) is 1.43. The lowest BCUT2D eigenvalue weighted by molar-refractivity contribution is -0.132. The van der Waals surface area contributed by atoms with Crippen LogP contribution in [0.2, 0.25) is 10.0 Å². The molecule has 1 saturated heterocycles. The van der Waals surface area contributed by atoms with Gasteiger partial charge in [0.2, 0.25) is 0 Å². The molecule has 32 heavy (non-hydrogen) atoms. The minimum Gasteiger partial charge on any atom is -0.508 e. The fourth-order valence-corrected chi connectivity index (χ4v) is 4.04. The Hall–Kier alpha value is -3.48. The highest BCUT2D eigenvalue weighted by Gasteiger charge is 2.47. The molecule has 0 aliphatic carbocycles. The molecule has 1 unspecified atom stereocenters. The van der Waals surface area contributed by atoms with Crippen molar-refractivity contribution in [3.63, 3.8) is 0 Å². The number of anilines is 1. The Morgan fingerprint density at radius 1 is 1.00 bits per heavy atom. The number of amides is 1. The number of ether oxygens (including phenoxy) is 1. The summed E-state index contributed by atoms with van der Waals surface area (Å²) in [5.74, 6) is -1.71. The largest absolute Gasteiger partial charge is 0.508 e. The summed E-state index contributed by atoms with van der Waals surface area (Å²) < 4.78 is 5.20. The summed E-state index contributed by atoms with van der Waals surface area (Å²) in [6, 6.07) is 16.2. The van der Waals surface area contributed by atoms with Gasteiger partial charge >= 0.3 is 0 Å². The zero-order valence-electron chi connectivity index (χ0n) is 16.8. The first-order valence-electron chi connectivity index (χ1n) is 9.51. The van der Waals surface area contributed by atoms with Crippen LogP contribution in [0.25, 0.3) is 5.76 Å². The number of aromatic hydroxyl groups is 1. The summed E-state index contributed by atoms with van der Waals surface area (Å²) >= 11 is 12.2. The summed E-state index contributed by atoms with van der Waals surface area (Å²) in [4.78, 5) is 27.5. The SMILES string of the molecule is COc1cc(/C(O)=C2\C(=O)C(=O)N(c3cccc(Cl)c3)C2c2ccc(O)cc2)ccc1Cl. The van der Waals surface area contributed by atoms with E-state index < -0.39 is 17.7 Å². The monoisotopic (exact) mass is 469 g/mol. The van der Waals surface area contributed by atoms with Crippen molar-refractivity contribution in [2.45, 2.75) is 6.04 Å². The Balaban J connectivity index is 1.95. The van der Waals surface area contributed by atoms with Crippen LogP contribution in [0.3, 0.4) is 0 Å². The number of benzene rings is 3. The number of phenolic OH excluding ortho intramolecular Hbond substituents is 1. The standard InChI is InChI=1S/C24H17Cl2NO5/c1-32-19-11-14(7-10-18(19)26)22(29)20-21(13-5-8-17(28)9-6-13)27(24(31)23(20)30)16-4-2-3-15(25)12-16/h2-12,21,28-29H,1H3/b22-20+. The van der Waals surface area contributed by atoms with Gasteiger partial charge in [0.15, 0.2) is 0 Å². The molecule has 0 saturated carbocycles. The van der Waals surface area contributed by atoms with Crippen molar-refractivity contribution in [2.24, 2.45) is 0 Å². The van der Waals surface area contributed by atoms with Crippen LogP contribution in [0.15, 0.2) is 72.3 Å². The highest BCUT2D eigenvalue weighted by atomic mass is 35.5. The fourth-order valence-electron chi connectivity index (χ4n) is 3.66. The van der Waals surface area contributed by atoms with E-state index in [0.717, 1.165) is 0 Å². The van der Waals surface area contributed by atoms with E-state index in [1.54, 1.807) is 36.4 Å². The van der Waals surface area contributed by atoms with E-state index in [-0.39, 0.29) is 22.6 Å². The molecule has 1 aliphatic heterocycles. The first-order chi connectivity index (χ1) is 15.3. The number of carbonyl (C=O) groups excluding carboxylic acids is 2. The van der Waals surface area contributed by atoms with E-state index in [2.05, 4.69) is 0 Å². The van der Waals surface area contributed by atoms with Crippen molar-refractivity contribution in [3.05, 3.63) is 93.5 Å². The minimum atomic E-state index is -0.948. The third kappa shape index (κ3) is 3.79. The Morgan fingerprint density at radius 2 is 1.72 bits per heavy atom. The van der Waals surface area contributed by atoms with Crippen LogP contribution < -0.4 is 9.64 Å². The highest BCUT2D eigenvalue weighted by molar-refractivity contribution is 6.51. The van der Waals surface area contributed by atoms with Gasteiger partial charge in [0.05, 0.1) is 23.7 Å². The number of phenols is 1. The fraction of sp³-hybridized carbons (Fsp3) is 0.0833. The Bertz CT molecular complexity index is 1250. The Kier molecular flexibility index (Phi) is 5.82. The molecule has 162 valence electrons. The smallest absolute Gasteiger partial charge is 0.300 e. The average molecular weight is 470 g/mol. The maximum atomic E-state index is 13.1. The first kappa shape index (κ1) is 21.7. The summed E-state index contributed by atoms with van der Waals surface area (Å²) in [6.07, 6.45) is 0. The van der Waals surface area contributed by atoms with Crippen LogP contribution in [0.4, 0.5) is 5.69 Å². The van der Waals surface area contributed by atoms with Crippen molar-refractivity contribution >= 4 is 46.3 Å². The number of Topliss-reactive ketones (excluding diaryl/α,β-unsaturated/α-hetero) is 1. The van der Waals surface area contributed by atoms with Gasteiger partial charge in [-0.05, 0) is 54.1 Å². The average Bonchev–Trinajstić information content (AvgIpc) is 3.05. The van der Waals surface area contributed by atoms with Gasteiger partial charge in [-0.3, -0.25) is 14.5 Å². The van der Waals surface area contributed by atoms with Crippen LogP contribution >= 0.6 is 23.2 Å². The van der Waals surface area contributed by atoms with E-state index in [0.29, 0.717) is 27.0 Å². The first-order valence-corrected chi connectivity index (χ1v) is 10.3. The number of aliphatic hydroxyl groups excluding tert-OH is 1. The number of rotatable bonds is 4. The van der Waals surface area contributed by atoms with Gasteiger partial charge in [0, 0.05) is 16.3 Å². The van der Waals surface area contributed by atoms with Crippen molar-refractivity contribution in [3.8, 4) is 11.5 Å². The number of ketones is 1. The molecule has 2 N–H and O–H groups in total. The van der Waals surface area contributed by atoms with Crippen LogP contribution in [-0.4, -0.2) is 29.0 Å². The molecular weight excluding hydrogens is 453 g/mol. The predicted molar refractivity (Wildman–Crippen MR) is 122 cm³/mol. The molecule has 4 rings (SSSR count). The minimum absolute atomic E-state index is 0.0240. The number of aliphatic hydroxyl groups is 1. The maximum Gasteiger partial charge on any atom is 0.300 e. The molecule has 3 aromatic rings. The van der Waals surface area contributed by atoms with Crippen molar-refractivity contribution in [1.82, 2.24) is 0 Å². The quantitative estimate of drug-likeness (QED) is 0.306. The maximum absolute atomic E-state index is 13.1. The highest BCUT2D eigenvalue weighted by Crippen LogP contribution is 2.43. The third-order valence-electron chi connectivity index (χ3n) is 5.16. The molecule has 1 fully saturated rings. The second-order valence-corrected chi connectivity index (χ2v) is 7.93. The van der Waals surface area contributed by atoms with Gasteiger partial charge in [0.25, 0.3) is 11.7 Å². The molecule has 0 radical (unpaired) electrons. The lowest BCUT2D eigenvalue weighted by atomic mass is 9.95. The molecule has 1 amide bonds. The van der Waals surface area contributed by atoms with Gasteiger partial charge in [-0.2, -0.15) is 0 Å². The summed E-state index contributed by atoms with van der Waals surface area (Å²) in [6.45, 7) is 0. The molecular formula is C24H17Cl2NO5. The lowest BCUT2D eigenvalue weighted by Crippen LogP contribution is -2.29. The zero-order chi connectivity index (χ0) is 23.0. The second kappa shape index (κ2) is 8.57. The molecule has 6 nitrogen and oxygen atoms in total. The van der Waals surface area contributed by atoms with Crippen molar-refractivity contribution < 1.29 is 24.5 Å². The number of hydrogen-bond acceptors (Lipinski definition) is 5. The topological polar surface area (TPSA) is 87.1 Å². The summed E-state index contributed by atoms with van der Waals surface area (Å²) in [5, 5.41) is 21.6. The predicted octanol–water partition coefficient (Wildman–Crippen LogP) is 5.33. The molecule has 0 spiro atoms. The number of nitrogens with zero attached hydrogens (tertiary/aromatic N) is 1. The van der Waals surface area contributed by atoms with Crippen molar-refractivity contribution in [2.75, 3.05) is 12.0 Å². The molecule has 0 bridgehead atoms. The zero-order valence-corrected chi connectivity index (χ0v) is 18.3.